The molecule has 0 aliphatic heterocycles. The molecule has 0 saturated heterocycles. The second kappa shape index (κ2) is 8.52. The van der Waals surface area contributed by atoms with Crippen LogP contribution in [0, 0.1) is 5.82 Å². The van der Waals surface area contributed by atoms with Gasteiger partial charge in [0.1, 0.15) is 12.3 Å². The third kappa shape index (κ3) is 4.34. The van der Waals surface area contributed by atoms with Gasteiger partial charge in [0, 0.05) is 42.5 Å². The monoisotopic (exact) mass is 398 g/mol. The van der Waals surface area contributed by atoms with Crippen LogP contribution < -0.4 is 10.6 Å². The molecule has 1 aliphatic rings. The molecule has 0 spiro atoms. The molecule has 1 saturated carbocycles. The first kappa shape index (κ1) is 19.3. The number of amides is 1. The molecule has 0 radical (unpaired) electrons. The molecule has 2 atom stereocenters. The summed E-state index contributed by atoms with van der Waals surface area (Å²) in [5, 5.41) is 7.04. The number of pyridine rings is 1. The molecule has 1 fully saturated rings. The van der Waals surface area contributed by atoms with Gasteiger partial charge in [0.25, 0.3) is 0 Å². The summed E-state index contributed by atoms with van der Waals surface area (Å²) < 4.78 is 19.3. The van der Waals surface area contributed by atoms with E-state index in [2.05, 4.69) is 30.6 Å². The minimum Gasteiger partial charge on any atom is -0.375 e. The maximum Gasteiger partial charge on any atom is 0.246 e. The summed E-state index contributed by atoms with van der Waals surface area (Å²) in [5.41, 5.74) is 1.50. The lowest BCUT2D eigenvalue weighted by Gasteiger charge is -2.30. The summed E-state index contributed by atoms with van der Waals surface area (Å²) in [5.74, 6) is -0.0464. The first-order valence-corrected chi connectivity index (χ1v) is 9.64. The van der Waals surface area contributed by atoms with Crippen LogP contribution in [0.2, 0.25) is 0 Å². The average molecular weight is 398 g/mol. The van der Waals surface area contributed by atoms with Crippen LogP contribution in [0.5, 0.6) is 0 Å². The van der Waals surface area contributed by atoms with E-state index in [4.69, 9.17) is 4.74 Å². The highest BCUT2D eigenvalue weighted by Crippen LogP contribution is 2.27. The number of aromatic nitrogens is 4. The smallest absolute Gasteiger partial charge is 0.246 e. The van der Waals surface area contributed by atoms with Gasteiger partial charge < -0.3 is 20.4 Å². The molecule has 152 valence electrons. The number of ether oxygens (including phenoxy) is 1. The predicted molar refractivity (Wildman–Crippen MR) is 107 cm³/mol. The molecular weight excluding hydrogens is 375 g/mol. The number of anilines is 1. The van der Waals surface area contributed by atoms with Crippen molar-refractivity contribution in [3.63, 3.8) is 0 Å². The number of H-pyrrole nitrogens is 1. The van der Waals surface area contributed by atoms with Gasteiger partial charge in [-0.25, -0.2) is 19.3 Å². The van der Waals surface area contributed by atoms with Gasteiger partial charge in [-0.3, -0.25) is 4.79 Å². The molecule has 3 heterocycles. The van der Waals surface area contributed by atoms with Crippen molar-refractivity contribution in [3.05, 3.63) is 36.5 Å². The van der Waals surface area contributed by atoms with E-state index < -0.39 is 5.82 Å². The number of rotatable bonds is 6. The zero-order valence-electron chi connectivity index (χ0n) is 16.1. The van der Waals surface area contributed by atoms with Crippen LogP contribution in [0.3, 0.4) is 0 Å². The van der Waals surface area contributed by atoms with Gasteiger partial charge in [-0.2, -0.15) is 0 Å². The molecule has 0 unspecified atom stereocenters. The molecule has 3 aromatic heterocycles. The van der Waals surface area contributed by atoms with E-state index in [9.17, 15) is 9.18 Å². The number of halogens is 1. The third-order valence-electron chi connectivity index (χ3n) is 5.09. The third-order valence-corrected chi connectivity index (χ3v) is 5.09. The van der Waals surface area contributed by atoms with E-state index in [1.807, 2.05) is 12.1 Å². The fourth-order valence-electron chi connectivity index (χ4n) is 3.78. The van der Waals surface area contributed by atoms with Gasteiger partial charge in [-0.1, -0.05) is 0 Å². The molecule has 4 rings (SSSR count). The molecule has 1 aliphatic carbocycles. The van der Waals surface area contributed by atoms with Gasteiger partial charge >= 0.3 is 0 Å². The Bertz CT molecular complexity index is 1010. The zero-order chi connectivity index (χ0) is 20.2. The second-order valence-corrected chi connectivity index (χ2v) is 7.20. The van der Waals surface area contributed by atoms with Crippen LogP contribution in [0.25, 0.3) is 22.4 Å². The second-order valence-electron chi connectivity index (χ2n) is 7.20. The minimum atomic E-state index is -0.503. The maximum absolute atomic E-state index is 14.4. The fourth-order valence-corrected chi connectivity index (χ4v) is 3.78. The van der Waals surface area contributed by atoms with Crippen LogP contribution in [-0.4, -0.2) is 51.6 Å². The number of carbonyl (C=O) groups excluding carboxylic acids is 1. The van der Waals surface area contributed by atoms with E-state index >= 15 is 0 Å². The van der Waals surface area contributed by atoms with Gasteiger partial charge in [0.15, 0.2) is 17.5 Å². The largest absolute Gasteiger partial charge is 0.375 e. The van der Waals surface area contributed by atoms with Crippen LogP contribution in [0.15, 0.2) is 30.7 Å². The number of hydrogen-bond donors (Lipinski definition) is 3. The lowest BCUT2D eigenvalue weighted by molar-refractivity contribution is -0.125. The molecule has 1 amide bonds. The van der Waals surface area contributed by atoms with E-state index in [1.165, 1.54) is 13.3 Å². The average Bonchev–Trinajstić information content (AvgIpc) is 3.14. The van der Waals surface area contributed by atoms with Gasteiger partial charge in [0.2, 0.25) is 5.91 Å². The van der Waals surface area contributed by atoms with Gasteiger partial charge in [0.05, 0.1) is 6.20 Å². The van der Waals surface area contributed by atoms with E-state index in [0.29, 0.717) is 12.2 Å². The topological polar surface area (TPSA) is 105 Å². The van der Waals surface area contributed by atoms with Crippen LogP contribution in [-0.2, 0) is 9.53 Å². The molecule has 9 heteroatoms. The van der Waals surface area contributed by atoms with Gasteiger partial charge in [-0.05, 0) is 37.8 Å². The summed E-state index contributed by atoms with van der Waals surface area (Å²) >= 11 is 0. The molecule has 0 aromatic carbocycles. The Kier molecular flexibility index (Phi) is 5.66. The molecule has 3 aromatic rings. The Labute approximate surface area is 167 Å². The number of nitrogens with one attached hydrogen (secondary N) is 3. The van der Waals surface area contributed by atoms with Gasteiger partial charge in [-0.15, -0.1) is 0 Å². The van der Waals surface area contributed by atoms with Crippen LogP contribution in [0.4, 0.5) is 10.2 Å². The van der Waals surface area contributed by atoms with Crippen molar-refractivity contribution >= 4 is 22.8 Å². The Morgan fingerprint density at radius 3 is 3.07 bits per heavy atom. The quantitative estimate of drug-likeness (QED) is 0.590. The normalized spacial score (nSPS) is 19.2. The number of aromatic amines is 1. The summed E-state index contributed by atoms with van der Waals surface area (Å²) in [6.45, 7) is 0.0397. The minimum absolute atomic E-state index is 0.0125. The van der Waals surface area contributed by atoms with Crippen molar-refractivity contribution in [2.75, 3.05) is 19.0 Å². The van der Waals surface area contributed by atoms with Crippen molar-refractivity contribution < 1.29 is 13.9 Å². The highest BCUT2D eigenvalue weighted by molar-refractivity contribution is 5.91. The zero-order valence-corrected chi connectivity index (χ0v) is 16.1. The summed E-state index contributed by atoms with van der Waals surface area (Å²) in [4.78, 5) is 27.7. The van der Waals surface area contributed by atoms with Crippen molar-refractivity contribution in [3.8, 4) is 11.4 Å². The Balaban J connectivity index is 1.50. The van der Waals surface area contributed by atoms with Crippen LogP contribution >= 0.6 is 0 Å². The number of nitrogens with zero attached hydrogens (tertiary/aromatic N) is 3. The molecular formula is C20H23FN6O2. The van der Waals surface area contributed by atoms with E-state index in [-0.39, 0.29) is 30.4 Å². The number of hydrogen-bond acceptors (Lipinski definition) is 6. The van der Waals surface area contributed by atoms with E-state index in [0.717, 1.165) is 35.9 Å². The highest BCUT2D eigenvalue weighted by Gasteiger charge is 2.24. The van der Waals surface area contributed by atoms with Crippen LogP contribution in [0.1, 0.15) is 25.7 Å². The SMILES string of the molecule is COCC(=O)N[C@@H]1CCC[C@H](Nc2nc(-c3c[nH]c4ncccc34)ncc2F)C1. The lowest BCUT2D eigenvalue weighted by atomic mass is 9.91. The Morgan fingerprint density at radius 1 is 1.34 bits per heavy atom. The Hall–Kier alpha value is -3.07. The van der Waals surface area contributed by atoms with E-state index in [1.54, 1.807) is 12.4 Å². The maximum atomic E-state index is 14.4. The molecule has 0 bridgehead atoms. The molecule has 8 nitrogen and oxygen atoms in total. The summed E-state index contributed by atoms with van der Waals surface area (Å²) in [6, 6.07) is 3.80. The summed E-state index contributed by atoms with van der Waals surface area (Å²) in [7, 11) is 1.49. The van der Waals surface area contributed by atoms with Crippen molar-refractivity contribution in [1.82, 2.24) is 25.3 Å². The number of methoxy groups -OCH3 is 1. The number of fused-ring (bicyclic) bond motifs is 1. The predicted octanol–water partition coefficient (Wildman–Crippen LogP) is 2.64. The molecule has 3 N–H and O–H groups in total. The first-order chi connectivity index (χ1) is 14.1. The fraction of sp³-hybridized carbons (Fsp3) is 0.400. The van der Waals surface area contributed by atoms with Crippen molar-refractivity contribution in [2.45, 2.75) is 37.8 Å². The standard InChI is InChI=1S/C20H23FN6O2/c1-29-11-17(28)25-12-4-2-5-13(8-12)26-20-16(21)10-24-19(27-20)15-9-23-18-14(15)6-3-7-22-18/h3,6-7,9-10,12-13H,2,4-5,8,11H2,1H3,(H,22,23)(H,25,28)(H,24,26,27)/t12-,13+/m1/s1. The first-order valence-electron chi connectivity index (χ1n) is 9.64. The lowest BCUT2D eigenvalue weighted by Crippen LogP contribution is -2.43. The van der Waals surface area contributed by atoms with Crippen molar-refractivity contribution in [1.29, 1.82) is 0 Å². The highest BCUT2D eigenvalue weighted by atomic mass is 19.1. The molecule has 29 heavy (non-hydrogen) atoms. The number of carbonyl (C=O) groups is 1. The summed E-state index contributed by atoms with van der Waals surface area (Å²) in [6.07, 6.45) is 8.07. The van der Waals surface area contributed by atoms with Crippen molar-refractivity contribution in [2.24, 2.45) is 0 Å². The Morgan fingerprint density at radius 2 is 2.21 bits per heavy atom.